The molecule has 4 aromatic rings. The van der Waals surface area contributed by atoms with Gasteiger partial charge in [-0.1, -0.05) is 48.5 Å². The van der Waals surface area contributed by atoms with Gasteiger partial charge in [0.05, 0.1) is 11.8 Å². The summed E-state index contributed by atoms with van der Waals surface area (Å²) >= 11 is 0. The molecular formula is C23H23N3O2. The number of anilines is 1. The molecule has 1 heterocycles. The van der Waals surface area contributed by atoms with Crippen molar-refractivity contribution in [1.82, 2.24) is 10.3 Å². The maximum Gasteiger partial charge on any atom is 0.158 e. The Balaban J connectivity index is 1.75. The molecule has 4 rings (SSSR count). The molecule has 0 saturated carbocycles. The summed E-state index contributed by atoms with van der Waals surface area (Å²) in [6, 6.07) is 22.9. The maximum absolute atomic E-state index is 5.47. The second-order valence-electron chi connectivity index (χ2n) is 6.97. The molecule has 5 heteroatoms. The predicted molar refractivity (Wildman–Crippen MR) is 111 cm³/mol. The molecule has 1 aromatic heterocycles. The van der Waals surface area contributed by atoms with E-state index in [9.17, 15) is 0 Å². The summed E-state index contributed by atoms with van der Waals surface area (Å²) in [4.78, 5) is 2.17. The van der Waals surface area contributed by atoms with Gasteiger partial charge in [-0.25, -0.2) is 4.63 Å². The fraction of sp³-hybridized carbons (Fsp3) is 0.217. The first-order valence-corrected chi connectivity index (χ1v) is 9.30. The lowest BCUT2D eigenvalue weighted by Gasteiger charge is -2.20. The van der Waals surface area contributed by atoms with Crippen molar-refractivity contribution in [2.75, 3.05) is 19.1 Å². The average Bonchev–Trinajstić information content (AvgIpc) is 3.22. The molecule has 0 aliphatic heterocycles. The minimum atomic E-state index is 0.0395. The van der Waals surface area contributed by atoms with E-state index < -0.39 is 0 Å². The van der Waals surface area contributed by atoms with Gasteiger partial charge in [0.2, 0.25) is 0 Å². The summed E-state index contributed by atoms with van der Waals surface area (Å²) in [6.07, 6.45) is 0.0395. The Morgan fingerprint density at radius 3 is 2.57 bits per heavy atom. The van der Waals surface area contributed by atoms with Crippen LogP contribution in [0, 0.1) is 0 Å². The SMILES string of the molecule is COC(C)c1cccc(-c2cc(N(C)Cc3ccccc3)c3nonc3c2)c1. The van der Waals surface area contributed by atoms with Gasteiger partial charge in [-0.3, -0.25) is 0 Å². The Morgan fingerprint density at radius 1 is 0.964 bits per heavy atom. The van der Waals surface area contributed by atoms with Crippen molar-refractivity contribution >= 4 is 16.7 Å². The van der Waals surface area contributed by atoms with Gasteiger partial charge in [-0.15, -0.1) is 0 Å². The maximum atomic E-state index is 5.47. The van der Waals surface area contributed by atoms with Crippen LogP contribution in [-0.4, -0.2) is 24.5 Å². The van der Waals surface area contributed by atoms with E-state index in [4.69, 9.17) is 9.37 Å². The quantitative estimate of drug-likeness (QED) is 0.463. The number of hydrogen-bond acceptors (Lipinski definition) is 5. The molecule has 1 unspecified atom stereocenters. The molecule has 0 fully saturated rings. The third-order valence-corrected chi connectivity index (χ3v) is 5.06. The monoisotopic (exact) mass is 373 g/mol. The van der Waals surface area contributed by atoms with Gasteiger partial charge in [0.25, 0.3) is 0 Å². The van der Waals surface area contributed by atoms with Crippen LogP contribution in [-0.2, 0) is 11.3 Å². The zero-order chi connectivity index (χ0) is 19.5. The Kier molecular flexibility index (Phi) is 5.08. The summed E-state index contributed by atoms with van der Waals surface area (Å²) in [6.45, 7) is 2.82. The Bertz CT molecular complexity index is 1080. The molecule has 3 aromatic carbocycles. The van der Waals surface area contributed by atoms with Crippen LogP contribution in [0.3, 0.4) is 0 Å². The lowest BCUT2D eigenvalue weighted by molar-refractivity contribution is 0.119. The van der Waals surface area contributed by atoms with Crippen molar-refractivity contribution in [3.8, 4) is 11.1 Å². The fourth-order valence-corrected chi connectivity index (χ4v) is 3.38. The van der Waals surface area contributed by atoms with Gasteiger partial charge in [0.1, 0.15) is 5.52 Å². The average molecular weight is 373 g/mol. The third kappa shape index (κ3) is 3.62. The standard InChI is InChI=1S/C23H23N3O2/c1-16(27-3)18-10-7-11-19(12-18)20-13-21-23(25-28-24-21)22(14-20)26(2)15-17-8-5-4-6-9-17/h4-14,16H,15H2,1-3H3. The molecule has 0 aliphatic carbocycles. The Labute approximate surface area is 164 Å². The van der Waals surface area contributed by atoms with Crippen molar-refractivity contribution in [1.29, 1.82) is 0 Å². The molecule has 28 heavy (non-hydrogen) atoms. The summed E-state index contributed by atoms with van der Waals surface area (Å²) in [5.74, 6) is 0. The highest BCUT2D eigenvalue weighted by atomic mass is 16.6. The van der Waals surface area contributed by atoms with Crippen molar-refractivity contribution in [3.05, 3.63) is 77.9 Å². The zero-order valence-corrected chi connectivity index (χ0v) is 16.3. The van der Waals surface area contributed by atoms with Crippen LogP contribution in [0.4, 0.5) is 5.69 Å². The van der Waals surface area contributed by atoms with E-state index in [1.807, 2.05) is 19.1 Å². The number of ether oxygens (including phenoxy) is 1. The number of fused-ring (bicyclic) bond motifs is 1. The van der Waals surface area contributed by atoms with Gasteiger partial charge in [0.15, 0.2) is 5.52 Å². The highest BCUT2D eigenvalue weighted by molar-refractivity contribution is 5.92. The number of hydrogen-bond donors (Lipinski definition) is 0. The van der Waals surface area contributed by atoms with Crippen LogP contribution in [0.25, 0.3) is 22.2 Å². The van der Waals surface area contributed by atoms with Gasteiger partial charge < -0.3 is 9.64 Å². The lowest BCUT2D eigenvalue weighted by Crippen LogP contribution is -2.16. The van der Waals surface area contributed by atoms with Crippen LogP contribution in [0.1, 0.15) is 24.2 Å². The third-order valence-electron chi connectivity index (χ3n) is 5.06. The molecular weight excluding hydrogens is 350 g/mol. The second kappa shape index (κ2) is 7.82. The molecule has 0 spiro atoms. The molecule has 0 amide bonds. The second-order valence-corrected chi connectivity index (χ2v) is 6.97. The largest absolute Gasteiger partial charge is 0.377 e. The molecule has 0 N–H and O–H groups in total. The normalized spacial score (nSPS) is 12.2. The van der Waals surface area contributed by atoms with Gasteiger partial charge in [-0.2, -0.15) is 0 Å². The lowest BCUT2D eigenvalue weighted by atomic mass is 9.99. The predicted octanol–water partition coefficient (Wildman–Crippen LogP) is 5.23. The van der Waals surface area contributed by atoms with Crippen LogP contribution in [0.5, 0.6) is 0 Å². The summed E-state index contributed by atoms with van der Waals surface area (Å²) in [5, 5.41) is 8.22. The minimum absolute atomic E-state index is 0.0395. The summed E-state index contributed by atoms with van der Waals surface area (Å²) in [5.41, 5.74) is 7.06. The molecule has 0 aliphatic rings. The molecule has 5 nitrogen and oxygen atoms in total. The van der Waals surface area contributed by atoms with Crippen molar-refractivity contribution in [2.45, 2.75) is 19.6 Å². The Morgan fingerprint density at radius 2 is 1.79 bits per heavy atom. The van der Waals surface area contributed by atoms with Crippen molar-refractivity contribution < 1.29 is 9.37 Å². The van der Waals surface area contributed by atoms with E-state index in [0.717, 1.165) is 40.0 Å². The highest BCUT2D eigenvalue weighted by Gasteiger charge is 2.15. The van der Waals surface area contributed by atoms with Crippen LogP contribution >= 0.6 is 0 Å². The zero-order valence-electron chi connectivity index (χ0n) is 16.3. The van der Waals surface area contributed by atoms with Gasteiger partial charge in [0, 0.05) is 20.7 Å². The van der Waals surface area contributed by atoms with E-state index in [-0.39, 0.29) is 6.10 Å². The first-order valence-electron chi connectivity index (χ1n) is 9.30. The molecule has 1 atom stereocenters. The van der Waals surface area contributed by atoms with Crippen molar-refractivity contribution in [2.24, 2.45) is 0 Å². The number of aromatic nitrogens is 2. The van der Waals surface area contributed by atoms with E-state index in [0.29, 0.717) is 0 Å². The van der Waals surface area contributed by atoms with E-state index in [2.05, 4.69) is 76.9 Å². The topological polar surface area (TPSA) is 51.4 Å². The first-order chi connectivity index (χ1) is 13.7. The molecule has 142 valence electrons. The van der Waals surface area contributed by atoms with Gasteiger partial charge in [-0.05, 0) is 57.7 Å². The van der Waals surface area contributed by atoms with Crippen molar-refractivity contribution in [3.63, 3.8) is 0 Å². The van der Waals surface area contributed by atoms with Gasteiger partial charge >= 0.3 is 0 Å². The fourth-order valence-electron chi connectivity index (χ4n) is 3.38. The smallest absolute Gasteiger partial charge is 0.158 e. The van der Waals surface area contributed by atoms with Crippen LogP contribution in [0.15, 0.2) is 71.4 Å². The number of methoxy groups -OCH3 is 1. The number of benzene rings is 3. The minimum Gasteiger partial charge on any atom is -0.377 e. The summed E-state index contributed by atoms with van der Waals surface area (Å²) < 4.78 is 10.5. The number of nitrogens with zero attached hydrogens (tertiary/aromatic N) is 3. The first kappa shape index (κ1) is 18.2. The van der Waals surface area contributed by atoms with E-state index in [1.165, 1.54) is 5.56 Å². The van der Waals surface area contributed by atoms with E-state index in [1.54, 1.807) is 7.11 Å². The summed E-state index contributed by atoms with van der Waals surface area (Å²) in [7, 11) is 3.78. The number of rotatable bonds is 6. The van der Waals surface area contributed by atoms with Crippen LogP contribution in [0.2, 0.25) is 0 Å². The molecule has 0 radical (unpaired) electrons. The molecule has 0 saturated heterocycles. The van der Waals surface area contributed by atoms with E-state index >= 15 is 0 Å². The molecule has 0 bridgehead atoms. The Hall–Kier alpha value is -3.18. The highest BCUT2D eigenvalue weighted by Crippen LogP contribution is 2.33. The van der Waals surface area contributed by atoms with Crippen LogP contribution < -0.4 is 4.90 Å².